The van der Waals surface area contributed by atoms with Crippen molar-refractivity contribution in [1.82, 2.24) is 15.0 Å². The lowest BCUT2D eigenvalue weighted by atomic mass is 10.2. The number of carbonyl (C=O) groups excluding carboxylic acids is 1. The average Bonchev–Trinajstić information content (AvgIpc) is 2.79. The number of ether oxygens (including phenoxy) is 1. The molecule has 1 aromatic carbocycles. The Morgan fingerprint density at radius 2 is 2.11 bits per heavy atom. The van der Waals surface area contributed by atoms with Crippen molar-refractivity contribution in [3.05, 3.63) is 35.7 Å². The van der Waals surface area contributed by atoms with Crippen molar-refractivity contribution < 1.29 is 9.53 Å². The number of methoxy groups -OCH3 is 1. The molecule has 0 unspecified atom stereocenters. The second-order valence-corrected chi connectivity index (χ2v) is 3.88. The van der Waals surface area contributed by atoms with Crippen LogP contribution in [0.1, 0.15) is 29.5 Å². The third kappa shape index (κ3) is 1.99. The molecule has 5 nitrogen and oxygen atoms in total. The zero-order valence-corrected chi connectivity index (χ0v) is 10.7. The van der Waals surface area contributed by atoms with Crippen LogP contribution in [-0.4, -0.2) is 27.9 Å². The molecule has 0 bridgehead atoms. The highest BCUT2D eigenvalue weighted by molar-refractivity contribution is 5.94. The van der Waals surface area contributed by atoms with Gasteiger partial charge in [0.15, 0.2) is 11.5 Å². The number of rotatable bonds is 4. The summed E-state index contributed by atoms with van der Waals surface area (Å²) in [6.07, 6.45) is 0.422. The van der Waals surface area contributed by atoms with E-state index in [2.05, 4.69) is 10.3 Å². The Kier molecular flexibility index (Phi) is 3.41. The molecule has 0 aliphatic carbocycles. The highest BCUT2D eigenvalue weighted by Crippen LogP contribution is 2.23. The predicted octanol–water partition coefficient (Wildman–Crippen LogP) is 2.18. The second kappa shape index (κ2) is 5.00. The molecule has 2 rings (SSSR count). The molecule has 18 heavy (non-hydrogen) atoms. The Bertz CT molecular complexity index is 575. The summed E-state index contributed by atoms with van der Waals surface area (Å²) < 4.78 is 6.90. The summed E-state index contributed by atoms with van der Waals surface area (Å²) in [5, 5.41) is 7.98. The number of Topliss-reactive ketones (excluding diaryl/α,β-unsaturated/α-hetero) is 1. The van der Waals surface area contributed by atoms with Crippen LogP contribution in [0.3, 0.4) is 0 Å². The van der Waals surface area contributed by atoms with Gasteiger partial charge in [0.1, 0.15) is 11.4 Å². The van der Waals surface area contributed by atoms with Crippen molar-refractivity contribution in [2.45, 2.75) is 20.3 Å². The Hall–Kier alpha value is -2.17. The number of hydrogen-bond acceptors (Lipinski definition) is 4. The molecule has 5 heteroatoms. The van der Waals surface area contributed by atoms with Gasteiger partial charge in [-0.1, -0.05) is 24.3 Å². The van der Waals surface area contributed by atoms with Crippen LogP contribution in [0.4, 0.5) is 0 Å². The zero-order chi connectivity index (χ0) is 13.1. The monoisotopic (exact) mass is 245 g/mol. The Morgan fingerprint density at radius 3 is 2.78 bits per heavy atom. The lowest BCUT2D eigenvalue weighted by Gasteiger charge is -2.08. The molecule has 0 atom stereocenters. The van der Waals surface area contributed by atoms with Gasteiger partial charge in [-0.25, -0.2) is 4.68 Å². The topological polar surface area (TPSA) is 57.0 Å². The quantitative estimate of drug-likeness (QED) is 0.775. The van der Waals surface area contributed by atoms with Crippen LogP contribution < -0.4 is 4.74 Å². The van der Waals surface area contributed by atoms with Gasteiger partial charge in [-0.05, 0) is 19.1 Å². The molecular weight excluding hydrogens is 230 g/mol. The van der Waals surface area contributed by atoms with Crippen molar-refractivity contribution >= 4 is 5.78 Å². The van der Waals surface area contributed by atoms with Crippen LogP contribution in [0.2, 0.25) is 0 Å². The number of aromatic nitrogens is 3. The molecule has 94 valence electrons. The van der Waals surface area contributed by atoms with E-state index in [0.717, 1.165) is 11.4 Å². The minimum Gasteiger partial charge on any atom is -0.494 e. The van der Waals surface area contributed by atoms with E-state index in [0.29, 0.717) is 17.9 Å². The van der Waals surface area contributed by atoms with Gasteiger partial charge in [0.05, 0.1) is 12.8 Å². The molecule has 0 saturated carbocycles. The first-order chi connectivity index (χ1) is 8.69. The van der Waals surface area contributed by atoms with E-state index in [4.69, 9.17) is 4.74 Å². The number of hydrogen-bond donors (Lipinski definition) is 0. The molecule has 1 aromatic heterocycles. The van der Waals surface area contributed by atoms with Crippen LogP contribution in [0.15, 0.2) is 24.3 Å². The van der Waals surface area contributed by atoms with Crippen molar-refractivity contribution in [2.24, 2.45) is 0 Å². The van der Waals surface area contributed by atoms with Crippen molar-refractivity contribution in [2.75, 3.05) is 7.11 Å². The van der Waals surface area contributed by atoms with Crippen LogP contribution >= 0.6 is 0 Å². The first kappa shape index (κ1) is 12.3. The van der Waals surface area contributed by atoms with E-state index in [-0.39, 0.29) is 5.78 Å². The van der Waals surface area contributed by atoms with E-state index in [1.807, 2.05) is 38.1 Å². The van der Waals surface area contributed by atoms with Crippen molar-refractivity contribution in [3.63, 3.8) is 0 Å². The predicted molar refractivity (Wildman–Crippen MR) is 67.3 cm³/mol. The summed E-state index contributed by atoms with van der Waals surface area (Å²) in [5.74, 6) is 0.689. The van der Waals surface area contributed by atoms with Gasteiger partial charge in [-0.2, -0.15) is 0 Å². The third-order valence-corrected chi connectivity index (χ3v) is 2.79. The lowest BCUT2D eigenvalue weighted by molar-refractivity contribution is 0.0982. The molecule has 0 N–H and O–H groups in total. The molecule has 0 fully saturated rings. The van der Waals surface area contributed by atoms with Crippen LogP contribution in [0, 0.1) is 6.92 Å². The van der Waals surface area contributed by atoms with Gasteiger partial charge in [0.25, 0.3) is 0 Å². The fraction of sp³-hybridized carbons (Fsp3) is 0.308. The van der Waals surface area contributed by atoms with E-state index in [1.165, 1.54) is 0 Å². The highest BCUT2D eigenvalue weighted by atomic mass is 16.5. The lowest BCUT2D eigenvalue weighted by Crippen LogP contribution is -2.04. The molecule has 0 aliphatic rings. The fourth-order valence-corrected chi connectivity index (χ4v) is 1.79. The molecular formula is C13H15N3O2. The van der Waals surface area contributed by atoms with Gasteiger partial charge in [0.2, 0.25) is 0 Å². The largest absolute Gasteiger partial charge is 0.494 e. The van der Waals surface area contributed by atoms with Gasteiger partial charge >= 0.3 is 0 Å². The van der Waals surface area contributed by atoms with E-state index in [9.17, 15) is 4.79 Å². The Morgan fingerprint density at radius 1 is 1.39 bits per heavy atom. The van der Waals surface area contributed by atoms with E-state index >= 15 is 0 Å². The van der Waals surface area contributed by atoms with E-state index in [1.54, 1.807) is 11.8 Å². The SMILES string of the molecule is CCC(=O)c1nnn(-c2ccccc2OC)c1C. The van der Waals surface area contributed by atoms with E-state index < -0.39 is 0 Å². The van der Waals surface area contributed by atoms with Crippen molar-refractivity contribution in [3.8, 4) is 11.4 Å². The fourth-order valence-electron chi connectivity index (χ4n) is 1.79. The Labute approximate surface area is 105 Å². The van der Waals surface area contributed by atoms with Crippen molar-refractivity contribution in [1.29, 1.82) is 0 Å². The molecule has 0 spiro atoms. The zero-order valence-electron chi connectivity index (χ0n) is 10.7. The molecule has 0 saturated heterocycles. The second-order valence-electron chi connectivity index (χ2n) is 3.88. The smallest absolute Gasteiger partial charge is 0.184 e. The molecule has 0 radical (unpaired) electrons. The summed E-state index contributed by atoms with van der Waals surface area (Å²) in [5.41, 5.74) is 1.93. The molecule has 1 heterocycles. The first-order valence-electron chi connectivity index (χ1n) is 5.78. The number of nitrogens with zero attached hydrogens (tertiary/aromatic N) is 3. The Balaban J connectivity index is 2.52. The summed E-state index contributed by atoms with van der Waals surface area (Å²) in [6.45, 7) is 3.64. The maximum absolute atomic E-state index is 11.7. The minimum absolute atomic E-state index is 0.00588. The molecule has 2 aromatic rings. The maximum Gasteiger partial charge on any atom is 0.184 e. The third-order valence-electron chi connectivity index (χ3n) is 2.79. The summed E-state index contributed by atoms with van der Waals surface area (Å²) >= 11 is 0. The van der Waals surface area contributed by atoms with Crippen LogP contribution in [0.5, 0.6) is 5.75 Å². The van der Waals surface area contributed by atoms with Crippen LogP contribution in [0.25, 0.3) is 5.69 Å². The number of ketones is 1. The average molecular weight is 245 g/mol. The maximum atomic E-state index is 11.7. The minimum atomic E-state index is -0.00588. The van der Waals surface area contributed by atoms with Gasteiger partial charge in [-0.3, -0.25) is 4.79 Å². The number of carbonyl (C=O) groups is 1. The van der Waals surface area contributed by atoms with Gasteiger partial charge in [-0.15, -0.1) is 5.10 Å². The van der Waals surface area contributed by atoms with Gasteiger partial charge < -0.3 is 4.74 Å². The van der Waals surface area contributed by atoms with Gasteiger partial charge in [0, 0.05) is 6.42 Å². The summed E-state index contributed by atoms with van der Waals surface area (Å²) in [4.78, 5) is 11.7. The molecule has 0 aliphatic heterocycles. The number of benzene rings is 1. The molecule has 0 amide bonds. The van der Waals surface area contributed by atoms with Crippen LogP contribution in [-0.2, 0) is 0 Å². The first-order valence-corrected chi connectivity index (χ1v) is 5.78. The normalized spacial score (nSPS) is 10.4. The standard InChI is InChI=1S/C13H15N3O2/c1-4-11(17)13-9(2)16(15-14-13)10-7-5-6-8-12(10)18-3/h5-8H,4H2,1-3H3. The highest BCUT2D eigenvalue weighted by Gasteiger charge is 2.17. The number of para-hydroxylation sites is 2. The summed E-state index contributed by atoms with van der Waals surface area (Å²) in [7, 11) is 1.60. The summed E-state index contributed by atoms with van der Waals surface area (Å²) in [6, 6.07) is 7.49.